The predicted octanol–water partition coefficient (Wildman–Crippen LogP) is 0.870. The third-order valence-corrected chi connectivity index (χ3v) is 3.19. The molecule has 0 aliphatic carbocycles. The van der Waals surface area contributed by atoms with Gasteiger partial charge in [0.25, 0.3) is 5.91 Å². The molecule has 2 N–H and O–H groups in total. The summed E-state index contributed by atoms with van der Waals surface area (Å²) < 4.78 is 45.3. The minimum absolute atomic E-state index is 0.158. The van der Waals surface area contributed by atoms with E-state index >= 15 is 0 Å². The molecular weight excluding hydrogens is 289 g/mol. The van der Waals surface area contributed by atoms with Gasteiger partial charge in [0.05, 0.1) is 18.3 Å². The largest absolute Gasteiger partial charge is 0.503 e. The summed E-state index contributed by atoms with van der Waals surface area (Å²) in [6.07, 6.45) is -0.269. The van der Waals surface area contributed by atoms with Crippen molar-refractivity contribution in [2.24, 2.45) is 0 Å². The van der Waals surface area contributed by atoms with Gasteiger partial charge in [-0.3, -0.25) is 4.79 Å². The Kier molecular flexibility index (Phi) is 4.69. The molecule has 0 aromatic heterocycles. The third-order valence-electron chi connectivity index (χ3n) is 3.19. The number of carbonyl (C=O) groups is 1. The molecule has 1 atom stereocenters. The number of aromatic hydroxyl groups is 1. The quantitative estimate of drug-likeness (QED) is 0.814. The van der Waals surface area contributed by atoms with Crippen molar-refractivity contribution in [1.29, 1.82) is 0 Å². The lowest BCUT2D eigenvalue weighted by atomic mass is 10.1. The molecule has 1 fully saturated rings. The van der Waals surface area contributed by atoms with Crippen LogP contribution in [0.3, 0.4) is 0 Å². The second-order valence-corrected chi connectivity index (χ2v) is 4.77. The first-order chi connectivity index (χ1) is 9.91. The number of phenolic OH excluding ortho intramolecular Hbond substituents is 1. The van der Waals surface area contributed by atoms with Gasteiger partial charge in [-0.15, -0.1) is 0 Å². The number of hydrogen-bond donors (Lipinski definition) is 2. The summed E-state index contributed by atoms with van der Waals surface area (Å²) in [5.74, 6) is -7.04. The summed E-state index contributed by atoms with van der Waals surface area (Å²) in [5.41, 5.74) is -0.724. The molecule has 1 unspecified atom stereocenters. The summed E-state index contributed by atoms with van der Waals surface area (Å²) in [6, 6.07) is 0.434. The number of nitrogens with zero attached hydrogens (tertiary/aromatic N) is 1. The fourth-order valence-corrected chi connectivity index (χ4v) is 2.08. The summed E-state index contributed by atoms with van der Waals surface area (Å²) >= 11 is 0. The Labute approximate surface area is 119 Å². The fourth-order valence-electron chi connectivity index (χ4n) is 2.08. The average Bonchev–Trinajstić information content (AvgIpc) is 2.49. The average molecular weight is 304 g/mol. The SMILES string of the molecule is CN(CC1CNCCO1)C(=O)c1cc(F)c(F)c(O)c1F. The van der Waals surface area contributed by atoms with Crippen molar-refractivity contribution in [3.05, 3.63) is 29.1 Å². The first-order valence-electron chi connectivity index (χ1n) is 6.36. The number of benzene rings is 1. The van der Waals surface area contributed by atoms with Crippen molar-refractivity contribution < 1.29 is 27.8 Å². The lowest BCUT2D eigenvalue weighted by Crippen LogP contribution is -2.45. The van der Waals surface area contributed by atoms with E-state index in [1.54, 1.807) is 0 Å². The van der Waals surface area contributed by atoms with Crippen molar-refractivity contribution in [3.8, 4) is 5.75 Å². The maximum absolute atomic E-state index is 13.7. The first kappa shape index (κ1) is 15.6. The van der Waals surface area contributed by atoms with Gasteiger partial charge in [-0.25, -0.2) is 8.78 Å². The number of nitrogens with one attached hydrogen (secondary N) is 1. The van der Waals surface area contributed by atoms with Crippen LogP contribution in [0.15, 0.2) is 6.07 Å². The molecule has 0 spiro atoms. The molecule has 8 heteroatoms. The van der Waals surface area contributed by atoms with Crippen LogP contribution in [0, 0.1) is 17.5 Å². The van der Waals surface area contributed by atoms with Crippen LogP contribution in [0.2, 0.25) is 0 Å². The number of likely N-dealkylation sites (N-methyl/N-ethyl adjacent to an activating group) is 1. The third kappa shape index (κ3) is 3.27. The molecule has 1 aromatic rings. The van der Waals surface area contributed by atoms with E-state index in [0.717, 1.165) is 4.90 Å². The van der Waals surface area contributed by atoms with Crippen LogP contribution in [0.25, 0.3) is 0 Å². The Morgan fingerprint density at radius 1 is 1.48 bits per heavy atom. The Morgan fingerprint density at radius 3 is 2.81 bits per heavy atom. The van der Waals surface area contributed by atoms with Gasteiger partial charge in [0.1, 0.15) is 0 Å². The molecule has 0 bridgehead atoms. The van der Waals surface area contributed by atoms with Crippen LogP contribution in [-0.4, -0.2) is 55.3 Å². The molecule has 0 radical (unpaired) electrons. The van der Waals surface area contributed by atoms with Crippen molar-refractivity contribution in [1.82, 2.24) is 10.2 Å². The minimum atomic E-state index is -1.72. The minimum Gasteiger partial charge on any atom is -0.503 e. The molecule has 116 valence electrons. The molecule has 1 aliphatic heterocycles. The van der Waals surface area contributed by atoms with Crippen LogP contribution < -0.4 is 5.32 Å². The summed E-state index contributed by atoms with van der Waals surface area (Å²) in [7, 11) is 1.39. The molecule has 21 heavy (non-hydrogen) atoms. The van der Waals surface area contributed by atoms with Crippen LogP contribution in [0.1, 0.15) is 10.4 Å². The van der Waals surface area contributed by atoms with Gasteiger partial charge in [0.2, 0.25) is 5.82 Å². The number of amides is 1. The van der Waals surface area contributed by atoms with E-state index in [1.165, 1.54) is 7.05 Å². The number of phenols is 1. The number of ether oxygens (including phenoxy) is 1. The van der Waals surface area contributed by atoms with E-state index in [0.29, 0.717) is 25.8 Å². The standard InChI is InChI=1S/C13H15F3N2O3/c1-18(6-7-5-17-2-3-21-7)13(20)8-4-9(14)11(16)12(19)10(8)15/h4,7,17,19H,2-3,5-6H2,1H3. The zero-order valence-corrected chi connectivity index (χ0v) is 11.3. The number of carbonyl (C=O) groups excluding carboxylic acids is 1. The molecule has 5 nitrogen and oxygen atoms in total. The van der Waals surface area contributed by atoms with Gasteiger partial charge in [0.15, 0.2) is 17.4 Å². The maximum Gasteiger partial charge on any atom is 0.256 e. The van der Waals surface area contributed by atoms with Gasteiger partial charge in [0, 0.05) is 26.7 Å². The second kappa shape index (κ2) is 6.31. The van der Waals surface area contributed by atoms with Gasteiger partial charge in [-0.2, -0.15) is 4.39 Å². The molecule has 1 aromatic carbocycles. The lowest BCUT2D eigenvalue weighted by molar-refractivity contribution is 0.0102. The Morgan fingerprint density at radius 2 is 2.19 bits per heavy atom. The Bertz CT molecular complexity index is 548. The lowest BCUT2D eigenvalue weighted by Gasteiger charge is -2.28. The van der Waals surface area contributed by atoms with Gasteiger partial charge < -0.3 is 20.1 Å². The highest BCUT2D eigenvalue weighted by molar-refractivity contribution is 5.94. The summed E-state index contributed by atoms with van der Waals surface area (Å²) in [6.45, 7) is 1.89. The van der Waals surface area contributed by atoms with Gasteiger partial charge >= 0.3 is 0 Å². The molecule has 0 saturated carbocycles. The van der Waals surface area contributed by atoms with E-state index in [-0.39, 0.29) is 12.6 Å². The highest BCUT2D eigenvalue weighted by atomic mass is 19.2. The number of halogens is 3. The van der Waals surface area contributed by atoms with Crippen molar-refractivity contribution >= 4 is 5.91 Å². The number of rotatable bonds is 3. The van der Waals surface area contributed by atoms with Gasteiger partial charge in [-0.1, -0.05) is 0 Å². The predicted molar refractivity (Wildman–Crippen MR) is 67.6 cm³/mol. The topological polar surface area (TPSA) is 61.8 Å². The Balaban J connectivity index is 2.15. The van der Waals surface area contributed by atoms with Crippen LogP contribution in [0.5, 0.6) is 5.75 Å². The van der Waals surface area contributed by atoms with Crippen molar-refractivity contribution in [2.75, 3.05) is 33.3 Å². The number of hydrogen-bond acceptors (Lipinski definition) is 4. The van der Waals surface area contributed by atoms with E-state index in [2.05, 4.69) is 5.32 Å². The van der Waals surface area contributed by atoms with E-state index in [9.17, 15) is 18.0 Å². The van der Waals surface area contributed by atoms with Crippen molar-refractivity contribution in [3.63, 3.8) is 0 Å². The van der Waals surface area contributed by atoms with Crippen LogP contribution in [0.4, 0.5) is 13.2 Å². The Hall–Kier alpha value is -1.80. The second-order valence-electron chi connectivity index (χ2n) is 4.77. The maximum atomic E-state index is 13.7. The normalized spacial score (nSPS) is 18.6. The monoisotopic (exact) mass is 304 g/mol. The van der Waals surface area contributed by atoms with E-state index in [1.807, 2.05) is 0 Å². The van der Waals surface area contributed by atoms with Crippen molar-refractivity contribution in [2.45, 2.75) is 6.10 Å². The smallest absolute Gasteiger partial charge is 0.256 e. The summed E-state index contributed by atoms with van der Waals surface area (Å²) in [5, 5.41) is 12.2. The van der Waals surface area contributed by atoms with Crippen LogP contribution >= 0.6 is 0 Å². The first-order valence-corrected chi connectivity index (χ1v) is 6.36. The fraction of sp³-hybridized carbons (Fsp3) is 0.462. The highest BCUT2D eigenvalue weighted by Gasteiger charge is 2.26. The zero-order chi connectivity index (χ0) is 15.6. The summed E-state index contributed by atoms with van der Waals surface area (Å²) in [4.78, 5) is 13.2. The molecule has 1 heterocycles. The molecule has 1 amide bonds. The van der Waals surface area contributed by atoms with E-state index in [4.69, 9.17) is 9.84 Å². The molecular formula is C13H15F3N2O3. The van der Waals surface area contributed by atoms with Crippen LogP contribution in [-0.2, 0) is 4.74 Å². The molecule has 1 aliphatic rings. The molecule has 1 saturated heterocycles. The molecule has 2 rings (SSSR count). The highest BCUT2D eigenvalue weighted by Crippen LogP contribution is 2.26. The number of morpholine rings is 1. The zero-order valence-electron chi connectivity index (χ0n) is 11.3. The van der Waals surface area contributed by atoms with Gasteiger partial charge in [-0.05, 0) is 6.07 Å². The van der Waals surface area contributed by atoms with E-state index < -0.39 is 34.7 Å².